The predicted octanol–water partition coefficient (Wildman–Crippen LogP) is 3.10. The second-order valence-electron chi connectivity index (χ2n) is 5.28. The molecule has 0 spiro atoms. The van der Waals surface area contributed by atoms with Crippen LogP contribution in [0.1, 0.15) is 25.7 Å². The van der Waals surface area contributed by atoms with Crippen molar-refractivity contribution < 1.29 is 0 Å². The van der Waals surface area contributed by atoms with Gasteiger partial charge in [0.15, 0.2) is 0 Å². The van der Waals surface area contributed by atoms with E-state index in [4.69, 9.17) is 5.73 Å². The fourth-order valence-electron chi connectivity index (χ4n) is 2.96. The monoisotopic (exact) mass is 334 g/mol. The molecule has 0 aliphatic carbocycles. The third-order valence-corrected chi connectivity index (χ3v) is 4.42. The van der Waals surface area contributed by atoms with Crippen LogP contribution in [0.4, 0.5) is 5.69 Å². The predicted molar refractivity (Wildman–Crippen MR) is 85.9 cm³/mol. The molecule has 1 aliphatic heterocycles. The maximum atomic E-state index is 5.98. The van der Waals surface area contributed by atoms with Gasteiger partial charge in [0.05, 0.1) is 11.2 Å². The van der Waals surface area contributed by atoms with Crippen molar-refractivity contribution in [2.45, 2.75) is 31.7 Å². The Morgan fingerprint density at radius 2 is 2.20 bits per heavy atom. The third-order valence-electron chi connectivity index (χ3n) is 3.98. The lowest BCUT2D eigenvalue weighted by Gasteiger charge is -2.31. The van der Waals surface area contributed by atoms with Crippen molar-refractivity contribution in [2.24, 2.45) is 5.73 Å². The van der Waals surface area contributed by atoms with Gasteiger partial charge >= 0.3 is 0 Å². The number of hydrogen-bond acceptors (Lipinski definition) is 4. The molecular formula is C15H19BrN4. The normalized spacial score (nSPS) is 20.1. The van der Waals surface area contributed by atoms with Crippen molar-refractivity contribution in [3.05, 3.63) is 29.0 Å². The number of aromatic nitrogens is 2. The molecule has 1 aliphatic rings. The zero-order valence-corrected chi connectivity index (χ0v) is 13.0. The highest BCUT2D eigenvalue weighted by Gasteiger charge is 2.22. The topological polar surface area (TPSA) is 55.0 Å². The molecule has 1 unspecified atom stereocenters. The van der Waals surface area contributed by atoms with Crippen LogP contribution < -0.4 is 10.6 Å². The highest BCUT2D eigenvalue weighted by molar-refractivity contribution is 9.10. The van der Waals surface area contributed by atoms with Crippen molar-refractivity contribution in [2.75, 3.05) is 18.0 Å². The fraction of sp³-hybridized carbons (Fsp3) is 0.467. The molecule has 5 heteroatoms. The van der Waals surface area contributed by atoms with Crippen LogP contribution in [0.15, 0.2) is 29.0 Å². The molecule has 1 saturated heterocycles. The number of anilines is 1. The first-order valence-corrected chi connectivity index (χ1v) is 7.96. The van der Waals surface area contributed by atoms with E-state index in [0.29, 0.717) is 12.6 Å². The van der Waals surface area contributed by atoms with E-state index in [0.717, 1.165) is 28.5 Å². The third kappa shape index (κ3) is 2.65. The summed E-state index contributed by atoms with van der Waals surface area (Å²) in [6, 6.07) is 4.49. The molecule has 20 heavy (non-hydrogen) atoms. The highest BCUT2D eigenvalue weighted by Crippen LogP contribution is 2.29. The van der Waals surface area contributed by atoms with E-state index in [1.807, 2.05) is 18.5 Å². The van der Waals surface area contributed by atoms with E-state index in [-0.39, 0.29) is 0 Å². The van der Waals surface area contributed by atoms with Gasteiger partial charge in [0.25, 0.3) is 0 Å². The molecule has 0 aromatic carbocycles. The highest BCUT2D eigenvalue weighted by atomic mass is 79.9. The van der Waals surface area contributed by atoms with Gasteiger partial charge in [-0.1, -0.05) is 12.8 Å². The minimum Gasteiger partial charge on any atom is -0.365 e. The van der Waals surface area contributed by atoms with Crippen molar-refractivity contribution in [3.63, 3.8) is 0 Å². The Morgan fingerprint density at radius 3 is 3.05 bits per heavy atom. The van der Waals surface area contributed by atoms with Gasteiger partial charge in [-0.2, -0.15) is 0 Å². The summed E-state index contributed by atoms with van der Waals surface area (Å²) in [5.74, 6) is 0. The van der Waals surface area contributed by atoms with Gasteiger partial charge < -0.3 is 10.6 Å². The quantitative estimate of drug-likeness (QED) is 0.916. The van der Waals surface area contributed by atoms with E-state index in [1.54, 1.807) is 0 Å². The molecule has 2 N–H and O–H groups in total. The molecule has 2 aromatic heterocycles. The van der Waals surface area contributed by atoms with Crippen LogP contribution in [0.25, 0.3) is 11.0 Å². The van der Waals surface area contributed by atoms with Crippen molar-refractivity contribution in [3.8, 4) is 0 Å². The number of rotatable bonds is 2. The standard InChI is InChI=1S/C15H19BrN4/c16-11-8-13-15(19-10-11)14(5-6-18-13)20-7-3-1-2-4-12(20)9-17/h5-6,8,10,12H,1-4,7,9,17H2. The zero-order valence-electron chi connectivity index (χ0n) is 11.4. The van der Waals surface area contributed by atoms with Crippen LogP contribution in [-0.2, 0) is 0 Å². The molecule has 106 valence electrons. The van der Waals surface area contributed by atoms with Crippen LogP contribution in [0.3, 0.4) is 0 Å². The van der Waals surface area contributed by atoms with Crippen LogP contribution >= 0.6 is 15.9 Å². The minimum absolute atomic E-state index is 0.411. The van der Waals surface area contributed by atoms with Gasteiger partial charge in [-0.3, -0.25) is 9.97 Å². The van der Waals surface area contributed by atoms with E-state index < -0.39 is 0 Å². The molecule has 1 fully saturated rings. The van der Waals surface area contributed by atoms with E-state index >= 15 is 0 Å². The zero-order chi connectivity index (χ0) is 13.9. The molecule has 0 saturated carbocycles. The van der Waals surface area contributed by atoms with E-state index in [2.05, 4.69) is 36.9 Å². The maximum Gasteiger partial charge on any atom is 0.112 e. The number of hydrogen-bond donors (Lipinski definition) is 1. The number of halogens is 1. The number of nitrogens with two attached hydrogens (primary N) is 1. The van der Waals surface area contributed by atoms with Crippen molar-refractivity contribution in [1.82, 2.24) is 9.97 Å². The van der Waals surface area contributed by atoms with E-state index in [9.17, 15) is 0 Å². The van der Waals surface area contributed by atoms with Crippen LogP contribution in [-0.4, -0.2) is 29.1 Å². The van der Waals surface area contributed by atoms with Gasteiger partial charge in [-0.05, 0) is 40.9 Å². The number of fused-ring (bicyclic) bond motifs is 1. The van der Waals surface area contributed by atoms with Crippen molar-refractivity contribution in [1.29, 1.82) is 0 Å². The lowest BCUT2D eigenvalue weighted by atomic mass is 10.1. The Balaban J connectivity index is 2.07. The number of pyridine rings is 2. The first-order chi connectivity index (χ1) is 9.79. The number of nitrogens with zero attached hydrogens (tertiary/aromatic N) is 3. The molecule has 2 aromatic rings. The lowest BCUT2D eigenvalue weighted by molar-refractivity contribution is 0.581. The van der Waals surface area contributed by atoms with Gasteiger partial charge in [0.2, 0.25) is 0 Å². The Morgan fingerprint density at radius 1 is 1.30 bits per heavy atom. The minimum atomic E-state index is 0.411. The van der Waals surface area contributed by atoms with Crippen LogP contribution in [0.5, 0.6) is 0 Å². The molecule has 0 radical (unpaired) electrons. The average Bonchev–Trinajstić information content (AvgIpc) is 2.71. The second kappa shape index (κ2) is 6.06. The molecule has 0 amide bonds. The fourth-order valence-corrected chi connectivity index (χ4v) is 3.28. The summed E-state index contributed by atoms with van der Waals surface area (Å²) in [5.41, 5.74) is 9.05. The summed E-state index contributed by atoms with van der Waals surface area (Å²) in [6.45, 7) is 1.75. The lowest BCUT2D eigenvalue weighted by Crippen LogP contribution is -2.40. The van der Waals surface area contributed by atoms with Crippen LogP contribution in [0, 0.1) is 0 Å². The SMILES string of the molecule is NCC1CCCCCN1c1ccnc2cc(Br)cnc12. The van der Waals surface area contributed by atoms with Crippen LogP contribution in [0.2, 0.25) is 0 Å². The Kier molecular flexibility index (Phi) is 4.17. The Hall–Kier alpha value is -1.20. The van der Waals surface area contributed by atoms with Gasteiger partial charge in [-0.25, -0.2) is 0 Å². The van der Waals surface area contributed by atoms with Crippen molar-refractivity contribution >= 4 is 32.7 Å². The molecule has 0 bridgehead atoms. The Labute approximate surface area is 127 Å². The van der Waals surface area contributed by atoms with Gasteiger partial charge in [-0.15, -0.1) is 0 Å². The summed E-state index contributed by atoms with van der Waals surface area (Å²) >= 11 is 3.45. The summed E-state index contributed by atoms with van der Waals surface area (Å²) < 4.78 is 0.959. The summed E-state index contributed by atoms with van der Waals surface area (Å²) in [5, 5.41) is 0. The molecular weight excluding hydrogens is 316 g/mol. The smallest absolute Gasteiger partial charge is 0.112 e. The maximum absolute atomic E-state index is 5.98. The van der Waals surface area contributed by atoms with Gasteiger partial charge in [0.1, 0.15) is 5.52 Å². The first-order valence-electron chi connectivity index (χ1n) is 7.16. The second-order valence-corrected chi connectivity index (χ2v) is 6.20. The average molecular weight is 335 g/mol. The van der Waals surface area contributed by atoms with Gasteiger partial charge in [0, 0.05) is 36.0 Å². The molecule has 3 rings (SSSR count). The summed E-state index contributed by atoms with van der Waals surface area (Å²) in [7, 11) is 0. The van der Waals surface area contributed by atoms with E-state index in [1.165, 1.54) is 24.9 Å². The summed E-state index contributed by atoms with van der Waals surface area (Å²) in [6.07, 6.45) is 8.64. The largest absolute Gasteiger partial charge is 0.365 e. The first kappa shape index (κ1) is 13.8. The molecule has 1 atom stereocenters. The summed E-state index contributed by atoms with van der Waals surface area (Å²) in [4.78, 5) is 11.4. The molecule has 3 heterocycles. The Bertz CT molecular complexity index is 601. The molecule has 4 nitrogen and oxygen atoms in total.